The highest BCUT2D eigenvalue weighted by molar-refractivity contribution is 5.79. The van der Waals surface area contributed by atoms with Crippen LogP contribution in [0.25, 0.3) is 27.8 Å². The third kappa shape index (κ3) is 2.59. The normalized spacial score (nSPS) is 11.2. The zero-order valence-corrected chi connectivity index (χ0v) is 13.9. The molecule has 1 aromatic carbocycles. The average Bonchev–Trinajstić information content (AvgIpc) is 3.10. The van der Waals surface area contributed by atoms with Crippen molar-refractivity contribution >= 4 is 16.6 Å². The van der Waals surface area contributed by atoms with Gasteiger partial charge in [0.2, 0.25) is 0 Å². The Balaban J connectivity index is 1.55. The van der Waals surface area contributed by atoms with Gasteiger partial charge in [-0.3, -0.25) is 9.97 Å². The Kier molecular flexibility index (Phi) is 3.42. The summed E-state index contributed by atoms with van der Waals surface area (Å²) >= 11 is 0. The van der Waals surface area contributed by atoms with E-state index in [0.29, 0.717) is 0 Å². The van der Waals surface area contributed by atoms with Gasteiger partial charge in [0.05, 0.1) is 23.1 Å². The predicted molar refractivity (Wildman–Crippen MR) is 101 cm³/mol. The van der Waals surface area contributed by atoms with Crippen molar-refractivity contribution in [1.29, 1.82) is 0 Å². The molecule has 0 fully saturated rings. The van der Waals surface area contributed by atoms with E-state index in [-0.39, 0.29) is 0 Å². The lowest BCUT2D eigenvalue weighted by Gasteiger charge is -2.05. The first kappa shape index (κ1) is 14.7. The minimum atomic E-state index is 0.759. The van der Waals surface area contributed by atoms with Gasteiger partial charge in [0.1, 0.15) is 0 Å². The maximum Gasteiger partial charge on any atom is 0.153 e. The first-order chi connectivity index (χ1) is 12.9. The molecule has 0 spiro atoms. The summed E-state index contributed by atoms with van der Waals surface area (Å²) in [7, 11) is 0. The van der Waals surface area contributed by atoms with Crippen molar-refractivity contribution in [2.75, 3.05) is 0 Å². The van der Waals surface area contributed by atoms with Crippen LogP contribution in [-0.2, 0) is 6.42 Å². The highest BCUT2D eigenvalue weighted by Crippen LogP contribution is 2.19. The van der Waals surface area contributed by atoms with Crippen molar-refractivity contribution in [2.45, 2.75) is 6.42 Å². The molecule has 0 N–H and O–H groups in total. The number of nitrogens with zero attached hydrogens (tertiary/aromatic N) is 5. The van der Waals surface area contributed by atoms with Crippen molar-refractivity contribution in [3.8, 4) is 11.3 Å². The largest absolute Gasteiger partial charge is 0.264 e. The molecule has 0 aliphatic heterocycles. The van der Waals surface area contributed by atoms with Crippen molar-refractivity contribution in [3.63, 3.8) is 0 Å². The minimum Gasteiger partial charge on any atom is -0.264 e. The van der Waals surface area contributed by atoms with E-state index in [1.165, 1.54) is 5.56 Å². The molecule has 4 aromatic heterocycles. The van der Waals surface area contributed by atoms with Crippen molar-refractivity contribution in [1.82, 2.24) is 24.6 Å². The van der Waals surface area contributed by atoms with Gasteiger partial charge in [0.25, 0.3) is 0 Å². The third-order valence-corrected chi connectivity index (χ3v) is 4.44. The quantitative estimate of drug-likeness (QED) is 0.500. The summed E-state index contributed by atoms with van der Waals surface area (Å²) in [5.41, 5.74) is 5.98. The Bertz CT molecular complexity index is 1210. The van der Waals surface area contributed by atoms with Gasteiger partial charge in [0, 0.05) is 36.0 Å². The van der Waals surface area contributed by atoms with Gasteiger partial charge < -0.3 is 0 Å². The van der Waals surface area contributed by atoms with Crippen molar-refractivity contribution in [3.05, 3.63) is 90.6 Å². The van der Waals surface area contributed by atoms with E-state index in [1.807, 2.05) is 53.4 Å². The van der Waals surface area contributed by atoms with Crippen LogP contribution in [0.5, 0.6) is 0 Å². The van der Waals surface area contributed by atoms with Crippen LogP contribution in [0.15, 0.2) is 79.4 Å². The number of pyridine rings is 2. The average molecular weight is 337 g/mol. The van der Waals surface area contributed by atoms with Crippen LogP contribution in [0.2, 0.25) is 0 Å². The molecule has 124 valence electrons. The van der Waals surface area contributed by atoms with Crippen molar-refractivity contribution in [2.24, 2.45) is 0 Å². The molecule has 0 saturated carbocycles. The second-order valence-corrected chi connectivity index (χ2v) is 6.19. The smallest absolute Gasteiger partial charge is 0.153 e. The topological polar surface area (TPSA) is 56.0 Å². The predicted octanol–water partition coefficient (Wildman–Crippen LogP) is 3.93. The number of rotatable bonds is 3. The molecule has 26 heavy (non-hydrogen) atoms. The fourth-order valence-corrected chi connectivity index (χ4v) is 3.15. The summed E-state index contributed by atoms with van der Waals surface area (Å²) in [6, 6.07) is 18.3. The fourth-order valence-electron chi connectivity index (χ4n) is 3.15. The summed E-state index contributed by atoms with van der Waals surface area (Å²) in [5.74, 6) is 0. The Labute approximate surface area is 150 Å². The van der Waals surface area contributed by atoms with E-state index >= 15 is 0 Å². The van der Waals surface area contributed by atoms with E-state index in [0.717, 1.165) is 39.9 Å². The number of fused-ring (bicyclic) bond motifs is 2. The van der Waals surface area contributed by atoms with Gasteiger partial charge in [-0.15, -0.1) is 0 Å². The lowest BCUT2D eigenvalue weighted by molar-refractivity contribution is 0.876. The van der Waals surface area contributed by atoms with E-state index in [1.54, 1.807) is 6.20 Å². The number of benzene rings is 1. The molecule has 5 nitrogen and oxygen atoms in total. The fraction of sp³-hybridized carbons (Fsp3) is 0.0476. The van der Waals surface area contributed by atoms with Crippen LogP contribution in [-0.4, -0.2) is 24.6 Å². The van der Waals surface area contributed by atoms with Crippen LogP contribution >= 0.6 is 0 Å². The summed E-state index contributed by atoms with van der Waals surface area (Å²) < 4.78 is 1.91. The zero-order chi connectivity index (χ0) is 17.3. The van der Waals surface area contributed by atoms with Crippen LogP contribution < -0.4 is 0 Å². The summed E-state index contributed by atoms with van der Waals surface area (Å²) in [4.78, 5) is 13.0. The molecule has 5 aromatic rings. The molecule has 0 amide bonds. The highest BCUT2D eigenvalue weighted by atomic mass is 15.3. The Morgan fingerprint density at radius 3 is 2.73 bits per heavy atom. The first-order valence-electron chi connectivity index (χ1n) is 8.44. The summed E-state index contributed by atoms with van der Waals surface area (Å²) in [6.45, 7) is 0. The van der Waals surface area contributed by atoms with Gasteiger partial charge in [-0.05, 0) is 48.0 Å². The number of hydrogen-bond donors (Lipinski definition) is 0. The number of aromatic nitrogens is 5. The van der Waals surface area contributed by atoms with Gasteiger partial charge in [-0.25, -0.2) is 9.50 Å². The summed E-state index contributed by atoms with van der Waals surface area (Å²) in [5, 5.41) is 5.91. The molecule has 0 saturated heterocycles. The second-order valence-electron chi connectivity index (χ2n) is 6.19. The Hall–Kier alpha value is -3.60. The van der Waals surface area contributed by atoms with Crippen LogP contribution in [0, 0.1) is 0 Å². The molecule has 5 rings (SSSR count). The Morgan fingerprint density at radius 2 is 1.81 bits per heavy atom. The SMILES string of the molecule is c1cncc(-c2ccc3ncc(Cc4ccc5ncccc5c4)n3n2)c1. The van der Waals surface area contributed by atoms with E-state index in [2.05, 4.69) is 39.2 Å². The van der Waals surface area contributed by atoms with E-state index in [4.69, 9.17) is 5.10 Å². The molecular weight excluding hydrogens is 322 g/mol. The van der Waals surface area contributed by atoms with Crippen molar-refractivity contribution < 1.29 is 0 Å². The lowest BCUT2D eigenvalue weighted by atomic mass is 10.1. The lowest BCUT2D eigenvalue weighted by Crippen LogP contribution is -2.00. The third-order valence-electron chi connectivity index (χ3n) is 4.44. The minimum absolute atomic E-state index is 0.759. The molecule has 5 heteroatoms. The van der Waals surface area contributed by atoms with Gasteiger partial charge in [-0.1, -0.05) is 12.1 Å². The van der Waals surface area contributed by atoms with Crippen LogP contribution in [0.1, 0.15) is 11.3 Å². The molecule has 0 radical (unpaired) electrons. The zero-order valence-electron chi connectivity index (χ0n) is 13.9. The molecule has 0 bridgehead atoms. The molecule has 4 heterocycles. The molecule has 0 aliphatic rings. The van der Waals surface area contributed by atoms with Gasteiger partial charge in [-0.2, -0.15) is 5.10 Å². The molecule has 0 aliphatic carbocycles. The molecule has 0 atom stereocenters. The maximum absolute atomic E-state index is 4.77. The van der Waals surface area contributed by atoms with Crippen LogP contribution in [0.3, 0.4) is 0 Å². The second kappa shape index (κ2) is 6.04. The maximum atomic E-state index is 4.77. The molecule has 0 unspecified atom stereocenters. The van der Waals surface area contributed by atoms with Gasteiger partial charge in [0.15, 0.2) is 5.65 Å². The Morgan fingerprint density at radius 1 is 0.846 bits per heavy atom. The van der Waals surface area contributed by atoms with Crippen LogP contribution in [0.4, 0.5) is 0 Å². The van der Waals surface area contributed by atoms with E-state index < -0.39 is 0 Å². The number of hydrogen-bond acceptors (Lipinski definition) is 4. The standard InChI is InChI=1S/C21H15N5/c1-4-17(13-22-9-1)20-7-8-21-24-14-18(26(21)25-20)12-15-5-6-19-16(11-15)3-2-10-23-19/h1-11,13-14H,12H2. The van der Waals surface area contributed by atoms with Gasteiger partial charge >= 0.3 is 0 Å². The van der Waals surface area contributed by atoms with E-state index in [9.17, 15) is 0 Å². The molecular formula is C21H15N5. The highest BCUT2D eigenvalue weighted by Gasteiger charge is 2.08. The summed E-state index contributed by atoms with van der Waals surface area (Å²) in [6.07, 6.45) is 8.05. The monoisotopic (exact) mass is 337 g/mol. The number of imidazole rings is 1. The first-order valence-corrected chi connectivity index (χ1v) is 8.44.